The van der Waals surface area contributed by atoms with E-state index >= 15 is 0 Å². The van der Waals surface area contributed by atoms with Crippen LogP contribution in [0.15, 0.2) is 30.3 Å². The topological polar surface area (TPSA) is 61.9 Å². The Morgan fingerprint density at radius 1 is 1.17 bits per heavy atom. The lowest BCUT2D eigenvalue weighted by atomic mass is 10.1. The molecule has 6 nitrogen and oxygen atoms in total. The molecule has 0 aliphatic carbocycles. The molecule has 0 bridgehead atoms. The molecule has 1 atom stereocenters. The van der Waals surface area contributed by atoms with E-state index in [1.165, 1.54) is 0 Å². The minimum atomic E-state index is -0.564. The van der Waals surface area contributed by atoms with Crippen molar-refractivity contribution in [2.45, 2.75) is 13.0 Å². The first-order valence-electron chi connectivity index (χ1n) is 8.01. The predicted molar refractivity (Wildman–Crippen MR) is 87.9 cm³/mol. The van der Waals surface area contributed by atoms with E-state index in [4.69, 9.17) is 4.74 Å². The van der Waals surface area contributed by atoms with Crippen LogP contribution in [0.25, 0.3) is 0 Å². The standard InChI is InChI=1S/C17H25N3O3/c1-3-18-15(21)13-19-9-11-20(12-10-19)17(22)16(23-2)14-7-5-4-6-8-14/h4-8,16H,3,9-13H2,1-2H3,(H,18,21)/t16-/m1/s1. The highest BCUT2D eigenvalue weighted by Gasteiger charge is 2.28. The summed E-state index contributed by atoms with van der Waals surface area (Å²) in [6.07, 6.45) is -0.564. The van der Waals surface area contributed by atoms with Crippen molar-refractivity contribution in [3.05, 3.63) is 35.9 Å². The normalized spacial score (nSPS) is 16.9. The smallest absolute Gasteiger partial charge is 0.256 e. The third kappa shape index (κ3) is 4.77. The first-order chi connectivity index (χ1) is 11.2. The average molecular weight is 319 g/mol. The number of carbonyl (C=O) groups excluding carboxylic acids is 2. The van der Waals surface area contributed by atoms with Gasteiger partial charge in [-0.05, 0) is 12.5 Å². The highest BCUT2D eigenvalue weighted by molar-refractivity contribution is 5.82. The van der Waals surface area contributed by atoms with Gasteiger partial charge >= 0.3 is 0 Å². The monoisotopic (exact) mass is 319 g/mol. The Morgan fingerprint density at radius 2 is 1.83 bits per heavy atom. The van der Waals surface area contributed by atoms with E-state index in [-0.39, 0.29) is 11.8 Å². The lowest BCUT2D eigenvalue weighted by Gasteiger charge is -2.35. The second-order valence-corrected chi connectivity index (χ2v) is 5.58. The SMILES string of the molecule is CCNC(=O)CN1CCN(C(=O)[C@H](OC)c2ccccc2)CC1. The van der Waals surface area contributed by atoms with Gasteiger partial charge < -0.3 is 15.0 Å². The predicted octanol–water partition coefficient (Wildman–Crippen LogP) is 0.654. The molecule has 126 valence electrons. The zero-order chi connectivity index (χ0) is 16.7. The Bertz CT molecular complexity index is 513. The minimum absolute atomic E-state index is 0.0173. The maximum atomic E-state index is 12.7. The molecule has 6 heteroatoms. The van der Waals surface area contributed by atoms with E-state index in [0.29, 0.717) is 39.3 Å². The Hall–Kier alpha value is -1.92. The van der Waals surface area contributed by atoms with Crippen molar-refractivity contribution in [3.63, 3.8) is 0 Å². The molecule has 2 amide bonds. The van der Waals surface area contributed by atoms with Gasteiger partial charge in [0, 0.05) is 39.8 Å². The number of amides is 2. The van der Waals surface area contributed by atoms with Crippen LogP contribution < -0.4 is 5.32 Å². The van der Waals surface area contributed by atoms with Gasteiger partial charge in [0.15, 0.2) is 6.10 Å². The first-order valence-corrected chi connectivity index (χ1v) is 8.01. The summed E-state index contributed by atoms with van der Waals surface area (Å²) < 4.78 is 5.41. The average Bonchev–Trinajstić information content (AvgIpc) is 2.57. The summed E-state index contributed by atoms with van der Waals surface area (Å²) in [6.45, 7) is 5.58. The van der Waals surface area contributed by atoms with Gasteiger partial charge in [-0.1, -0.05) is 30.3 Å². The molecule has 0 aromatic heterocycles. The van der Waals surface area contributed by atoms with Gasteiger partial charge in [-0.25, -0.2) is 0 Å². The molecule has 1 aromatic rings. The van der Waals surface area contributed by atoms with Gasteiger partial charge in [0.05, 0.1) is 6.54 Å². The second kappa shape index (κ2) is 8.64. The molecule has 1 aliphatic heterocycles. The fraction of sp³-hybridized carbons (Fsp3) is 0.529. The van der Waals surface area contributed by atoms with E-state index in [1.807, 2.05) is 42.2 Å². The zero-order valence-electron chi connectivity index (χ0n) is 13.8. The number of carbonyl (C=O) groups is 2. The molecule has 0 saturated carbocycles. The van der Waals surface area contributed by atoms with E-state index in [0.717, 1.165) is 5.56 Å². The molecule has 23 heavy (non-hydrogen) atoms. The molecular formula is C17H25N3O3. The molecule has 1 aromatic carbocycles. The highest BCUT2D eigenvalue weighted by Crippen LogP contribution is 2.20. The molecule has 0 unspecified atom stereocenters. The molecule has 0 spiro atoms. The van der Waals surface area contributed by atoms with Crippen molar-refractivity contribution in [2.75, 3.05) is 46.4 Å². The van der Waals surface area contributed by atoms with Gasteiger partial charge in [-0.3, -0.25) is 14.5 Å². The Kier molecular flexibility index (Phi) is 6.55. The van der Waals surface area contributed by atoms with E-state index in [2.05, 4.69) is 10.2 Å². The quantitative estimate of drug-likeness (QED) is 0.836. The second-order valence-electron chi connectivity index (χ2n) is 5.58. The number of likely N-dealkylation sites (N-methyl/N-ethyl adjacent to an activating group) is 1. The lowest BCUT2D eigenvalue weighted by Crippen LogP contribution is -2.52. The number of methoxy groups -OCH3 is 1. The molecule has 1 N–H and O–H groups in total. The minimum Gasteiger partial charge on any atom is -0.367 e. The molecule has 2 rings (SSSR count). The zero-order valence-corrected chi connectivity index (χ0v) is 13.8. The Morgan fingerprint density at radius 3 is 2.39 bits per heavy atom. The summed E-state index contributed by atoms with van der Waals surface area (Å²) in [5.74, 6) is 0.0164. The number of ether oxygens (including phenoxy) is 1. The van der Waals surface area contributed by atoms with Crippen LogP contribution in [0.1, 0.15) is 18.6 Å². The summed E-state index contributed by atoms with van der Waals surface area (Å²) in [6, 6.07) is 9.52. The van der Waals surface area contributed by atoms with Crippen LogP contribution in [-0.2, 0) is 14.3 Å². The third-order valence-corrected chi connectivity index (χ3v) is 3.99. The molecule has 1 fully saturated rings. The van der Waals surface area contributed by atoms with Gasteiger partial charge in [0.1, 0.15) is 0 Å². The van der Waals surface area contributed by atoms with Crippen LogP contribution in [0.3, 0.4) is 0 Å². The number of piperazine rings is 1. The number of benzene rings is 1. The van der Waals surface area contributed by atoms with Gasteiger partial charge in [0.25, 0.3) is 5.91 Å². The molecule has 1 heterocycles. The van der Waals surface area contributed by atoms with Crippen molar-refractivity contribution < 1.29 is 14.3 Å². The summed E-state index contributed by atoms with van der Waals surface area (Å²) in [5.41, 5.74) is 0.866. The maximum Gasteiger partial charge on any atom is 0.256 e. The number of hydrogen-bond donors (Lipinski definition) is 1. The van der Waals surface area contributed by atoms with Gasteiger partial charge in [-0.2, -0.15) is 0 Å². The van der Waals surface area contributed by atoms with Crippen molar-refractivity contribution in [1.82, 2.24) is 15.1 Å². The molecular weight excluding hydrogens is 294 g/mol. The summed E-state index contributed by atoms with van der Waals surface area (Å²) in [7, 11) is 1.56. The molecule has 0 radical (unpaired) electrons. The van der Waals surface area contributed by atoms with Crippen molar-refractivity contribution >= 4 is 11.8 Å². The van der Waals surface area contributed by atoms with E-state index < -0.39 is 6.10 Å². The fourth-order valence-electron chi connectivity index (χ4n) is 2.76. The fourth-order valence-corrected chi connectivity index (χ4v) is 2.76. The van der Waals surface area contributed by atoms with Crippen LogP contribution in [0.2, 0.25) is 0 Å². The Labute approximate surface area is 137 Å². The number of hydrogen-bond acceptors (Lipinski definition) is 4. The molecule has 1 saturated heterocycles. The number of nitrogens with one attached hydrogen (secondary N) is 1. The Balaban J connectivity index is 1.89. The number of nitrogens with zero attached hydrogens (tertiary/aromatic N) is 2. The number of rotatable bonds is 6. The van der Waals surface area contributed by atoms with Crippen LogP contribution in [-0.4, -0.2) is 68.0 Å². The lowest BCUT2D eigenvalue weighted by molar-refractivity contribution is -0.144. The summed E-state index contributed by atoms with van der Waals surface area (Å²) in [5, 5.41) is 2.79. The van der Waals surface area contributed by atoms with Crippen LogP contribution >= 0.6 is 0 Å². The van der Waals surface area contributed by atoms with Crippen LogP contribution in [0.4, 0.5) is 0 Å². The van der Waals surface area contributed by atoms with Gasteiger partial charge in [0.2, 0.25) is 5.91 Å². The molecule has 1 aliphatic rings. The van der Waals surface area contributed by atoms with Gasteiger partial charge in [-0.15, -0.1) is 0 Å². The first kappa shape index (κ1) is 17.4. The third-order valence-electron chi connectivity index (χ3n) is 3.99. The summed E-state index contributed by atoms with van der Waals surface area (Å²) >= 11 is 0. The largest absolute Gasteiger partial charge is 0.367 e. The van der Waals surface area contributed by atoms with E-state index in [1.54, 1.807) is 7.11 Å². The maximum absolute atomic E-state index is 12.7. The van der Waals surface area contributed by atoms with Crippen molar-refractivity contribution in [3.8, 4) is 0 Å². The van der Waals surface area contributed by atoms with Crippen LogP contribution in [0, 0.1) is 0 Å². The van der Waals surface area contributed by atoms with E-state index in [9.17, 15) is 9.59 Å². The van der Waals surface area contributed by atoms with Crippen molar-refractivity contribution in [1.29, 1.82) is 0 Å². The summed E-state index contributed by atoms with van der Waals surface area (Å²) in [4.78, 5) is 28.2. The highest BCUT2D eigenvalue weighted by atomic mass is 16.5. The van der Waals surface area contributed by atoms with Crippen molar-refractivity contribution in [2.24, 2.45) is 0 Å². The van der Waals surface area contributed by atoms with Crippen LogP contribution in [0.5, 0.6) is 0 Å².